The van der Waals surface area contributed by atoms with Crippen LogP contribution in [0.15, 0.2) is 35.3 Å². The molecule has 0 bridgehead atoms. The maximum atomic E-state index is 11.8. The van der Waals surface area contributed by atoms with Gasteiger partial charge < -0.3 is 4.55 Å². The molecule has 96 valence electrons. The van der Waals surface area contributed by atoms with Crippen LogP contribution in [0.1, 0.15) is 26.2 Å². The molecule has 1 aliphatic carbocycles. The van der Waals surface area contributed by atoms with Crippen molar-refractivity contribution in [3.63, 3.8) is 0 Å². The first kappa shape index (κ1) is 14.1. The molecule has 17 heavy (non-hydrogen) atoms. The molecule has 1 aliphatic rings. The molecule has 0 radical (unpaired) electrons. The zero-order valence-corrected chi connectivity index (χ0v) is 10.1. The predicted molar refractivity (Wildman–Crippen MR) is 59.2 cm³/mol. The minimum absolute atomic E-state index is 0.219. The van der Waals surface area contributed by atoms with Crippen molar-refractivity contribution in [2.75, 3.05) is 0 Å². The maximum absolute atomic E-state index is 11.8. The maximum Gasteiger partial charge on any atom is 0.266 e. The summed E-state index contributed by atoms with van der Waals surface area (Å²) in [5.74, 6) is 0. The Labute approximate surface area is 99.3 Å². The van der Waals surface area contributed by atoms with Gasteiger partial charge in [0, 0.05) is 0 Å². The Morgan fingerprint density at radius 1 is 1.59 bits per heavy atom. The first-order valence-corrected chi connectivity index (χ1v) is 6.50. The van der Waals surface area contributed by atoms with Crippen molar-refractivity contribution in [2.24, 2.45) is 5.41 Å². The second-order valence-electron chi connectivity index (χ2n) is 4.28. The summed E-state index contributed by atoms with van der Waals surface area (Å²) in [4.78, 5) is -0.248. The van der Waals surface area contributed by atoms with Gasteiger partial charge in [0.1, 0.15) is 10.1 Å². The van der Waals surface area contributed by atoms with E-state index in [1.807, 2.05) is 6.92 Å². The number of rotatable bonds is 4. The Morgan fingerprint density at radius 3 is 2.65 bits per heavy atom. The molecule has 6 heteroatoms. The van der Waals surface area contributed by atoms with Crippen molar-refractivity contribution in [3.8, 4) is 0 Å². The summed E-state index contributed by atoms with van der Waals surface area (Å²) in [6, 6.07) is 0. The first-order chi connectivity index (χ1) is 7.73. The van der Waals surface area contributed by atoms with E-state index in [1.54, 1.807) is 6.08 Å². The van der Waals surface area contributed by atoms with Gasteiger partial charge in [-0.25, -0.2) is 8.42 Å². The van der Waals surface area contributed by atoms with Gasteiger partial charge >= 0.3 is 0 Å². The number of allylic oxidation sites excluding steroid dienone is 4. The topological polar surface area (TPSA) is 57.2 Å². The van der Waals surface area contributed by atoms with Crippen LogP contribution in [0.3, 0.4) is 0 Å². The van der Waals surface area contributed by atoms with E-state index in [0.29, 0.717) is 12.8 Å². The van der Waals surface area contributed by atoms with E-state index in [-0.39, 0.29) is 16.7 Å². The van der Waals surface area contributed by atoms with Crippen LogP contribution in [0.2, 0.25) is 0 Å². The van der Waals surface area contributed by atoms with Gasteiger partial charge in [0.2, 0.25) is 0 Å². The van der Waals surface area contributed by atoms with Gasteiger partial charge in [0.25, 0.3) is 6.08 Å². The highest BCUT2D eigenvalue weighted by molar-refractivity contribution is 7.89. The Morgan fingerprint density at radius 2 is 2.24 bits per heavy atom. The predicted octanol–water partition coefficient (Wildman–Crippen LogP) is 2.94. The molecular weight excluding hydrogens is 250 g/mol. The molecule has 0 saturated heterocycles. The molecule has 0 saturated carbocycles. The lowest BCUT2D eigenvalue weighted by Crippen LogP contribution is -2.16. The molecule has 0 aliphatic heterocycles. The zero-order chi connectivity index (χ0) is 13.1. The lowest BCUT2D eigenvalue weighted by molar-refractivity contribution is 0.382. The molecular formula is C11H13F2O3S-. The lowest BCUT2D eigenvalue weighted by Gasteiger charge is -2.28. The van der Waals surface area contributed by atoms with Gasteiger partial charge in [-0.15, -0.1) is 0 Å². The van der Waals surface area contributed by atoms with E-state index in [0.717, 1.165) is 6.08 Å². The largest absolute Gasteiger partial charge is 0.744 e. The summed E-state index contributed by atoms with van der Waals surface area (Å²) in [6.07, 6.45) is 4.37. The third kappa shape index (κ3) is 4.40. The molecule has 3 nitrogen and oxygen atoms in total. The molecule has 1 unspecified atom stereocenters. The second-order valence-corrected chi connectivity index (χ2v) is 5.66. The number of hydrogen-bond donors (Lipinski definition) is 0. The minimum atomic E-state index is -4.42. The van der Waals surface area contributed by atoms with Crippen LogP contribution < -0.4 is 0 Å². The van der Waals surface area contributed by atoms with E-state index in [4.69, 9.17) is 0 Å². The Hall–Kier alpha value is -1.01. The van der Waals surface area contributed by atoms with Crippen molar-refractivity contribution in [1.29, 1.82) is 0 Å². The lowest BCUT2D eigenvalue weighted by atomic mass is 9.80. The average molecular weight is 263 g/mol. The van der Waals surface area contributed by atoms with Crippen LogP contribution in [0, 0.1) is 5.41 Å². The minimum Gasteiger partial charge on any atom is -0.744 e. The molecule has 0 amide bonds. The van der Waals surface area contributed by atoms with Gasteiger partial charge in [-0.05, 0) is 36.8 Å². The van der Waals surface area contributed by atoms with Gasteiger partial charge in [-0.2, -0.15) is 8.78 Å². The Bertz CT molecular complexity index is 473. The number of hydrogen-bond acceptors (Lipinski definition) is 3. The first-order valence-electron chi connectivity index (χ1n) is 5.09. The fourth-order valence-corrected chi connectivity index (χ4v) is 2.16. The molecule has 1 rings (SSSR count). The van der Waals surface area contributed by atoms with Crippen LogP contribution in [0.4, 0.5) is 8.78 Å². The third-order valence-electron chi connectivity index (χ3n) is 2.72. The normalized spacial score (nSPS) is 24.4. The standard InChI is InChI=1S/C11H14F2O3S/c1-11(6-2-3-10(12)13)7-4-9(5-8-11)17(14,15)16/h3-5,7H,2,6,8H2,1H3,(H,14,15,16)/p-1. The summed E-state index contributed by atoms with van der Waals surface area (Å²) in [5, 5.41) is 0. The van der Waals surface area contributed by atoms with Crippen LogP contribution in [-0.4, -0.2) is 13.0 Å². The van der Waals surface area contributed by atoms with Crippen LogP contribution in [0.25, 0.3) is 0 Å². The molecule has 0 N–H and O–H groups in total. The molecule has 0 aromatic heterocycles. The summed E-state index contributed by atoms with van der Waals surface area (Å²) in [6.45, 7) is 1.83. The quantitative estimate of drug-likeness (QED) is 0.733. The molecule has 0 fully saturated rings. The molecule has 1 atom stereocenters. The van der Waals surface area contributed by atoms with Gasteiger partial charge in [0.15, 0.2) is 0 Å². The summed E-state index contributed by atoms with van der Waals surface area (Å²) >= 11 is 0. The Balaban J connectivity index is 2.65. The smallest absolute Gasteiger partial charge is 0.266 e. The molecule has 0 heterocycles. The molecule has 0 spiro atoms. The highest BCUT2D eigenvalue weighted by Gasteiger charge is 2.23. The third-order valence-corrected chi connectivity index (χ3v) is 3.60. The van der Waals surface area contributed by atoms with Crippen molar-refractivity contribution in [1.82, 2.24) is 0 Å². The van der Waals surface area contributed by atoms with Crippen molar-refractivity contribution >= 4 is 10.1 Å². The fraction of sp³-hybridized carbons (Fsp3) is 0.455. The van der Waals surface area contributed by atoms with E-state index in [2.05, 4.69) is 0 Å². The van der Waals surface area contributed by atoms with Gasteiger partial charge in [0.05, 0.1) is 4.91 Å². The van der Waals surface area contributed by atoms with Gasteiger partial charge in [-0.1, -0.05) is 19.1 Å². The average Bonchev–Trinajstić information content (AvgIpc) is 2.15. The van der Waals surface area contributed by atoms with E-state index in [9.17, 15) is 21.8 Å². The van der Waals surface area contributed by atoms with Crippen LogP contribution in [0.5, 0.6) is 0 Å². The fourth-order valence-electron chi connectivity index (χ4n) is 1.63. The van der Waals surface area contributed by atoms with Crippen molar-refractivity contribution in [2.45, 2.75) is 26.2 Å². The molecule has 0 aromatic rings. The van der Waals surface area contributed by atoms with Crippen LogP contribution >= 0.6 is 0 Å². The highest BCUT2D eigenvalue weighted by atomic mass is 32.2. The van der Waals surface area contributed by atoms with E-state index >= 15 is 0 Å². The monoisotopic (exact) mass is 263 g/mol. The summed E-state index contributed by atoms with van der Waals surface area (Å²) < 4.78 is 55.8. The SMILES string of the molecule is CC1(CCC=C(F)F)C=CC(S(=O)(=O)[O-])=CC1. The van der Waals surface area contributed by atoms with Crippen molar-refractivity contribution < 1.29 is 21.8 Å². The van der Waals surface area contributed by atoms with Crippen LogP contribution in [-0.2, 0) is 10.1 Å². The summed E-state index contributed by atoms with van der Waals surface area (Å²) in [5.41, 5.74) is -0.375. The Kier molecular flexibility index (Phi) is 4.21. The van der Waals surface area contributed by atoms with E-state index < -0.39 is 16.2 Å². The van der Waals surface area contributed by atoms with E-state index in [1.165, 1.54) is 12.2 Å². The zero-order valence-electron chi connectivity index (χ0n) is 9.32. The van der Waals surface area contributed by atoms with Crippen molar-refractivity contribution in [3.05, 3.63) is 35.3 Å². The molecule has 0 aromatic carbocycles. The number of halogens is 2. The highest BCUT2D eigenvalue weighted by Crippen LogP contribution is 2.35. The second kappa shape index (κ2) is 5.10. The summed E-state index contributed by atoms with van der Waals surface area (Å²) in [7, 11) is -4.42. The van der Waals surface area contributed by atoms with Gasteiger partial charge in [-0.3, -0.25) is 0 Å².